The summed E-state index contributed by atoms with van der Waals surface area (Å²) < 4.78 is 5.05. The largest absolute Gasteiger partial charge is 0.456 e. The molecule has 1 aliphatic heterocycles. The molecule has 2 rings (SSSR count). The Hall–Kier alpha value is -1.58. The van der Waals surface area contributed by atoms with E-state index in [2.05, 4.69) is 10.3 Å². The fraction of sp³-hybridized carbons (Fsp3) is 0.143. The third kappa shape index (κ3) is 0.920. The quantitative estimate of drug-likeness (QED) is 0.573. The molecule has 0 aliphatic carbocycles. The molecule has 1 aromatic rings. The van der Waals surface area contributed by atoms with Crippen molar-refractivity contribution >= 4 is 5.91 Å². The van der Waals surface area contributed by atoms with Crippen molar-refractivity contribution in [3.63, 3.8) is 0 Å². The van der Waals surface area contributed by atoms with Crippen LogP contribution in [0.2, 0.25) is 0 Å². The van der Waals surface area contributed by atoms with Gasteiger partial charge >= 0.3 is 0 Å². The molecule has 1 aliphatic rings. The number of fused-ring (bicyclic) bond motifs is 1. The monoisotopic (exact) mass is 150 g/mol. The number of rotatable bonds is 0. The number of nitrogens with zero attached hydrogens (tertiary/aromatic N) is 1. The van der Waals surface area contributed by atoms with Crippen LogP contribution in [0, 0.1) is 0 Å². The third-order valence-electron chi connectivity index (χ3n) is 1.46. The third-order valence-corrected chi connectivity index (χ3v) is 1.46. The lowest BCUT2D eigenvalue weighted by Crippen LogP contribution is -2.33. The van der Waals surface area contributed by atoms with Gasteiger partial charge in [-0.05, 0) is 12.1 Å². The number of nitrogens with one attached hydrogen (secondary N) is 1. The van der Waals surface area contributed by atoms with Crippen LogP contribution in [0.5, 0.6) is 5.88 Å². The van der Waals surface area contributed by atoms with Gasteiger partial charge in [0.05, 0.1) is 0 Å². The average Bonchev–Trinajstić information content (AvgIpc) is 2.06. The lowest BCUT2D eigenvalue weighted by atomic mass is 10.2. The molecule has 4 heteroatoms. The van der Waals surface area contributed by atoms with E-state index in [9.17, 15) is 4.79 Å². The van der Waals surface area contributed by atoms with Gasteiger partial charge in [-0.15, -0.1) is 0 Å². The Balaban J connectivity index is 2.52. The Morgan fingerprint density at radius 2 is 2.55 bits per heavy atom. The Morgan fingerprint density at radius 1 is 1.64 bits per heavy atom. The van der Waals surface area contributed by atoms with E-state index in [4.69, 9.17) is 4.74 Å². The zero-order valence-electron chi connectivity index (χ0n) is 5.70. The van der Waals surface area contributed by atoms with E-state index in [1.54, 1.807) is 18.3 Å². The number of pyridine rings is 1. The summed E-state index contributed by atoms with van der Waals surface area (Å²) in [6.45, 7) is 0.211. The number of amides is 1. The van der Waals surface area contributed by atoms with Crippen molar-refractivity contribution in [2.45, 2.75) is 0 Å². The maximum Gasteiger partial charge on any atom is 0.259 e. The fourth-order valence-corrected chi connectivity index (χ4v) is 0.944. The van der Waals surface area contributed by atoms with E-state index >= 15 is 0 Å². The normalized spacial score (nSPS) is 14.7. The predicted molar refractivity (Wildman–Crippen MR) is 37.2 cm³/mol. The summed E-state index contributed by atoms with van der Waals surface area (Å²) in [5, 5.41) is 2.54. The Morgan fingerprint density at radius 3 is 3.36 bits per heavy atom. The van der Waals surface area contributed by atoms with Gasteiger partial charge in [0.1, 0.15) is 5.56 Å². The minimum Gasteiger partial charge on any atom is -0.456 e. The first kappa shape index (κ1) is 6.15. The molecule has 0 radical (unpaired) electrons. The van der Waals surface area contributed by atoms with E-state index in [0.717, 1.165) is 0 Å². The highest BCUT2D eigenvalue weighted by atomic mass is 16.5. The van der Waals surface area contributed by atoms with Crippen molar-refractivity contribution in [3.8, 4) is 5.88 Å². The molecule has 4 nitrogen and oxygen atoms in total. The number of carbonyl (C=O) groups is 1. The van der Waals surface area contributed by atoms with Gasteiger partial charge in [0, 0.05) is 6.20 Å². The minimum atomic E-state index is -0.126. The summed E-state index contributed by atoms with van der Waals surface area (Å²) in [5.41, 5.74) is 0.499. The second-order valence-electron chi connectivity index (χ2n) is 2.15. The summed E-state index contributed by atoms with van der Waals surface area (Å²) in [7, 11) is 0. The molecule has 0 bridgehead atoms. The van der Waals surface area contributed by atoms with Gasteiger partial charge in [-0.2, -0.15) is 0 Å². The van der Waals surface area contributed by atoms with Crippen molar-refractivity contribution in [2.24, 2.45) is 0 Å². The van der Waals surface area contributed by atoms with Gasteiger partial charge in [-0.3, -0.25) is 4.79 Å². The number of aromatic nitrogens is 1. The number of carbonyl (C=O) groups excluding carboxylic acids is 1. The molecule has 11 heavy (non-hydrogen) atoms. The average molecular weight is 150 g/mol. The minimum absolute atomic E-state index is 0.126. The molecule has 0 unspecified atom stereocenters. The van der Waals surface area contributed by atoms with Crippen LogP contribution in [0.4, 0.5) is 0 Å². The smallest absolute Gasteiger partial charge is 0.259 e. The first-order valence-electron chi connectivity index (χ1n) is 3.24. The molecule has 1 aromatic heterocycles. The van der Waals surface area contributed by atoms with E-state index in [1.165, 1.54) is 0 Å². The molecular formula is C7H6N2O2. The molecule has 0 saturated carbocycles. The number of hydrogen-bond acceptors (Lipinski definition) is 3. The summed E-state index contributed by atoms with van der Waals surface area (Å²) in [4.78, 5) is 14.9. The zero-order chi connectivity index (χ0) is 7.68. The Labute approximate surface area is 63.2 Å². The lowest BCUT2D eigenvalue weighted by Gasteiger charge is -2.15. The predicted octanol–water partition coefficient (Wildman–Crippen LogP) is 0.161. The molecule has 56 valence electrons. The van der Waals surface area contributed by atoms with Crippen LogP contribution in [-0.2, 0) is 0 Å². The second-order valence-corrected chi connectivity index (χ2v) is 2.15. The van der Waals surface area contributed by atoms with E-state index in [1.807, 2.05) is 0 Å². The van der Waals surface area contributed by atoms with Crippen LogP contribution in [-0.4, -0.2) is 17.6 Å². The molecule has 2 heterocycles. The molecule has 1 N–H and O–H groups in total. The molecule has 0 aromatic carbocycles. The molecule has 0 saturated heterocycles. The number of ether oxygens (including phenoxy) is 1. The van der Waals surface area contributed by atoms with Crippen LogP contribution in [0.1, 0.15) is 10.4 Å². The first-order valence-corrected chi connectivity index (χ1v) is 3.24. The lowest BCUT2D eigenvalue weighted by molar-refractivity contribution is 0.0878. The molecule has 0 atom stereocenters. The Bertz CT molecular complexity index is 298. The van der Waals surface area contributed by atoms with Crippen LogP contribution in [0.3, 0.4) is 0 Å². The van der Waals surface area contributed by atoms with E-state index in [-0.39, 0.29) is 12.6 Å². The van der Waals surface area contributed by atoms with Crippen molar-refractivity contribution < 1.29 is 9.53 Å². The van der Waals surface area contributed by atoms with Crippen LogP contribution in [0.15, 0.2) is 18.3 Å². The maximum atomic E-state index is 11.1. The van der Waals surface area contributed by atoms with Gasteiger partial charge in [0.25, 0.3) is 5.91 Å². The van der Waals surface area contributed by atoms with Crippen molar-refractivity contribution in [3.05, 3.63) is 23.9 Å². The highest BCUT2D eigenvalue weighted by molar-refractivity contribution is 5.96. The number of hydrogen-bond donors (Lipinski definition) is 1. The topological polar surface area (TPSA) is 51.2 Å². The first-order chi connectivity index (χ1) is 5.38. The summed E-state index contributed by atoms with van der Waals surface area (Å²) in [6, 6.07) is 3.38. The standard InChI is InChI=1S/C7H6N2O2/c10-6-5-2-1-3-8-7(5)11-4-9-6/h1-3H,4H2,(H,9,10). The molecular weight excluding hydrogens is 144 g/mol. The van der Waals surface area contributed by atoms with Crippen molar-refractivity contribution in [1.29, 1.82) is 0 Å². The van der Waals surface area contributed by atoms with Gasteiger partial charge in [-0.25, -0.2) is 4.98 Å². The summed E-state index contributed by atoms with van der Waals surface area (Å²) in [5.74, 6) is 0.288. The van der Waals surface area contributed by atoms with Gasteiger partial charge in [-0.1, -0.05) is 0 Å². The van der Waals surface area contributed by atoms with Gasteiger partial charge in [0.15, 0.2) is 6.73 Å². The highest BCUT2D eigenvalue weighted by Gasteiger charge is 2.17. The molecule has 0 spiro atoms. The van der Waals surface area contributed by atoms with Crippen LogP contribution < -0.4 is 10.1 Å². The van der Waals surface area contributed by atoms with Gasteiger partial charge in [0.2, 0.25) is 5.88 Å². The van der Waals surface area contributed by atoms with E-state index in [0.29, 0.717) is 11.4 Å². The van der Waals surface area contributed by atoms with E-state index < -0.39 is 0 Å². The van der Waals surface area contributed by atoms with Crippen molar-refractivity contribution in [2.75, 3.05) is 6.73 Å². The molecule has 0 fully saturated rings. The second kappa shape index (κ2) is 2.23. The molecule has 1 amide bonds. The fourth-order valence-electron chi connectivity index (χ4n) is 0.944. The summed E-state index contributed by atoms with van der Waals surface area (Å²) >= 11 is 0. The Kier molecular flexibility index (Phi) is 1.25. The highest BCUT2D eigenvalue weighted by Crippen LogP contribution is 2.15. The summed E-state index contributed by atoms with van der Waals surface area (Å²) in [6.07, 6.45) is 1.59. The van der Waals surface area contributed by atoms with Crippen molar-refractivity contribution in [1.82, 2.24) is 10.3 Å². The van der Waals surface area contributed by atoms with Gasteiger partial charge < -0.3 is 10.1 Å². The zero-order valence-corrected chi connectivity index (χ0v) is 5.70. The van der Waals surface area contributed by atoms with Crippen LogP contribution >= 0.6 is 0 Å². The SMILES string of the molecule is O=C1NCOc2ncccc21. The van der Waals surface area contributed by atoms with Crippen LogP contribution in [0.25, 0.3) is 0 Å². The maximum absolute atomic E-state index is 11.1.